The molecule has 38 heavy (non-hydrogen) atoms. The van der Waals surface area contributed by atoms with E-state index in [4.69, 9.17) is 16.9 Å². The van der Waals surface area contributed by atoms with E-state index in [0.717, 1.165) is 11.1 Å². The van der Waals surface area contributed by atoms with Gasteiger partial charge in [0, 0.05) is 23.8 Å². The van der Waals surface area contributed by atoms with Gasteiger partial charge < -0.3 is 15.0 Å². The lowest BCUT2D eigenvalue weighted by atomic mass is 9.87. The van der Waals surface area contributed by atoms with Gasteiger partial charge >= 0.3 is 6.36 Å². The summed E-state index contributed by atoms with van der Waals surface area (Å²) in [5.41, 5.74) is 3.37. The lowest BCUT2D eigenvalue weighted by Crippen LogP contribution is -2.33. The Balaban J connectivity index is 1.90. The fourth-order valence-corrected chi connectivity index (χ4v) is 4.07. The van der Waals surface area contributed by atoms with Crippen molar-refractivity contribution in [3.63, 3.8) is 0 Å². The number of nitrogens with one attached hydrogen (secondary N) is 1. The van der Waals surface area contributed by atoms with Gasteiger partial charge in [-0.2, -0.15) is 5.26 Å². The number of nitriles is 1. The summed E-state index contributed by atoms with van der Waals surface area (Å²) in [6.07, 6.45) is -4.50. The molecule has 1 N–H and O–H groups in total. The fraction of sp³-hybridized carbons (Fsp3) is 0.310. The van der Waals surface area contributed by atoms with Crippen LogP contribution in [0.2, 0.25) is 5.02 Å². The second-order valence-corrected chi connectivity index (χ2v) is 10.3. The molecule has 0 atom stereocenters. The molecule has 3 aromatic rings. The highest BCUT2D eigenvalue weighted by Crippen LogP contribution is 2.27. The molecule has 0 unspecified atom stereocenters. The minimum absolute atomic E-state index is 0.00216. The van der Waals surface area contributed by atoms with Crippen molar-refractivity contribution in [1.29, 1.82) is 5.26 Å². The molecule has 1 amide bonds. The Morgan fingerprint density at radius 2 is 1.74 bits per heavy atom. The number of hydrogen-bond donors (Lipinski definition) is 1. The van der Waals surface area contributed by atoms with Gasteiger partial charge in [-0.15, -0.1) is 13.2 Å². The van der Waals surface area contributed by atoms with Gasteiger partial charge in [0.1, 0.15) is 12.3 Å². The highest BCUT2D eigenvalue weighted by atomic mass is 35.5. The minimum Gasteiger partial charge on any atom is -0.406 e. The van der Waals surface area contributed by atoms with Gasteiger partial charge in [0.15, 0.2) is 0 Å². The molecule has 0 aromatic heterocycles. The van der Waals surface area contributed by atoms with Crippen LogP contribution < -0.4 is 10.1 Å². The Bertz CT molecular complexity index is 1300. The molecule has 5 nitrogen and oxygen atoms in total. The molecule has 0 aliphatic heterocycles. The van der Waals surface area contributed by atoms with E-state index >= 15 is 0 Å². The lowest BCUT2D eigenvalue weighted by Gasteiger charge is -2.25. The van der Waals surface area contributed by atoms with Gasteiger partial charge in [0.2, 0.25) is 0 Å². The monoisotopic (exact) mass is 543 g/mol. The van der Waals surface area contributed by atoms with Crippen molar-refractivity contribution in [2.24, 2.45) is 0 Å². The third-order valence-corrected chi connectivity index (χ3v) is 6.09. The first-order valence-electron chi connectivity index (χ1n) is 12.0. The molecule has 9 heteroatoms. The van der Waals surface area contributed by atoms with Crippen molar-refractivity contribution in [2.75, 3.05) is 18.4 Å². The number of anilines is 1. The van der Waals surface area contributed by atoms with E-state index in [1.165, 1.54) is 24.3 Å². The third-order valence-electron chi connectivity index (χ3n) is 5.85. The number of halogens is 4. The Kier molecular flexibility index (Phi) is 9.29. The van der Waals surface area contributed by atoms with Gasteiger partial charge in [-0.25, -0.2) is 0 Å². The van der Waals surface area contributed by atoms with Crippen molar-refractivity contribution in [3.8, 4) is 11.8 Å². The van der Waals surface area contributed by atoms with Crippen LogP contribution in [0.25, 0.3) is 0 Å². The van der Waals surface area contributed by atoms with Crippen molar-refractivity contribution < 1.29 is 22.7 Å². The van der Waals surface area contributed by atoms with Crippen molar-refractivity contribution >= 4 is 23.2 Å². The number of benzene rings is 3. The summed E-state index contributed by atoms with van der Waals surface area (Å²) in [7, 11) is 0. The van der Waals surface area contributed by atoms with Gasteiger partial charge in [-0.1, -0.05) is 68.8 Å². The molecule has 0 radical (unpaired) electrons. The molecule has 0 saturated heterocycles. The van der Waals surface area contributed by atoms with Gasteiger partial charge in [-0.05, 0) is 58.9 Å². The summed E-state index contributed by atoms with van der Waals surface area (Å²) >= 11 is 6.19. The number of hydrogen-bond acceptors (Lipinski definition) is 4. The van der Waals surface area contributed by atoms with E-state index in [9.17, 15) is 18.0 Å². The first-order valence-corrected chi connectivity index (χ1v) is 12.4. The zero-order valence-electron chi connectivity index (χ0n) is 21.4. The highest BCUT2D eigenvalue weighted by molar-refractivity contribution is 6.31. The maximum atomic E-state index is 13.8. The molecule has 0 spiro atoms. The number of amides is 1. The molecule has 200 valence electrons. The van der Waals surface area contributed by atoms with Crippen molar-refractivity contribution in [1.82, 2.24) is 4.90 Å². The van der Waals surface area contributed by atoms with E-state index < -0.39 is 6.36 Å². The Labute approximate surface area is 225 Å². The summed E-state index contributed by atoms with van der Waals surface area (Å²) in [4.78, 5) is 15.4. The van der Waals surface area contributed by atoms with E-state index in [2.05, 4.69) is 30.8 Å². The lowest BCUT2D eigenvalue weighted by molar-refractivity contribution is -0.274. The summed E-state index contributed by atoms with van der Waals surface area (Å²) in [5, 5.41) is 12.3. The largest absolute Gasteiger partial charge is 0.573 e. The molecule has 3 aromatic carbocycles. The van der Waals surface area contributed by atoms with E-state index in [1.807, 2.05) is 30.3 Å². The fourth-order valence-electron chi connectivity index (χ4n) is 3.90. The van der Waals surface area contributed by atoms with Gasteiger partial charge in [0.25, 0.3) is 5.91 Å². The van der Waals surface area contributed by atoms with Crippen LogP contribution in [0.3, 0.4) is 0 Å². The first-order chi connectivity index (χ1) is 17.9. The molecule has 0 fully saturated rings. The molecule has 0 saturated carbocycles. The second-order valence-electron chi connectivity index (χ2n) is 9.82. The number of carbonyl (C=O) groups is 1. The first kappa shape index (κ1) is 28.9. The predicted octanol–water partition coefficient (Wildman–Crippen LogP) is 7.36. The predicted molar refractivity (Wildman–Crippen MR) is 142 cm³/mol. The molecule has 0 bridgehead atoms. The molecule has 0 aliphatic rings. The topological polar surface area (TPSA) is 65.4 Å². The third kappa shape index (κ3) is 8.42. The Morgan fingerprint density at radius 3 is 2.37 bits per heavy atom. The Morgan fingerprint density at radius 1 is 1.03 bits per heavy atom. The number of rotatable bonds is 9. The normalized spacial score (nSPS) is 11.5. The van der Waals surface area contributed by atoms with Crippen LogP contribution in [-0.4, -0.2) is 30.3 Å². The molecule has 3 rings (SSSR count). The summed E-state index contributed by atoms with van der Waals surface area (Å²) in [6.45, 7) is 6.84. The summed E-state index contributed by atoms with van der Waals surface area (Å²) in [6, 6.07) is 20.5. The SMILES string of the molecule is CC(C)(C)c1ccc(CN(CCc2cccc(OC(F)(F)F)c2)C(=O)c2cc(Cl)ccc2NCC#N)cc1. The number of alkyl halides is 3. The second kappa shape index (κ2) is 12.2. The van der Waals surface area contributed by atoms with Crippen LogP contribution in [0.15, 0.2) is 66.7 Å². The average molecular weight is 544 g/mol. The summed E-state index contributed by atoms with van der Waals surface area (Å²) < 4.78 is 42.1. The molecular formula is C29H29ClF3N3O2. The van der Waals surface area contributed by atoms with Crippen molar-refractivity contribution in [3.05, 3.63) is 94.0 Å². The van der Waals surface area contributed by atoms with E-state index in [-0.39, 0.29) is 36.7 Å². The quantitative estimate of drug-likeness (QED) is 0.286. The minimum atomic E-state index is -4.79. The van der Waals surface area contributed by atoms with Crippen LogP contribution in [0.5, 0.6) is 5.75 Å². The average Bonchev–Trinajstić information content (AvgIpc) is 2.84. The smallest absolute Gasteiger partial charge is 0.406 e. The van der Waals surface area contributed by atoms with E-state index in [0.29, 0.717) is 28.3 Å². The molecule has 0 aliphatic carbocycles. The number of ether oxygens (including phenoxy) is 1. The van der Waals surface area contributed by atoms with Crippen LogP contribution in [0.4, 0.5) is 18.9 Å². The van der Waals surface area contributed by atoms with Gasteiger partial charge in [-0.3, -0.25) is 4.79 Å². The van der Waals surface area contributed by atoms with Crippen LogP contribution >= 0.6 is 11.6 Å². The Hall–Kier alpha value is -3.70. The highest BCUT2D eigenvalue weighted by Gasteiger charge is 2.31. The zero-order chi connectivity index (χ0) is 27.9. The van der Waals surface area contributed by atoms with Crippen LogP contribution in [0, 0.1) is 11.3 Å². The van der Waals surface area contributed by atoms with E-state index in [1.54, 1.807) is 23.1 Å². The van der Waals surface area contributed by atoms with Crippen molar-refractivity contribution in [2.45, 2.75) is 45.5 Å². The standard InChI is InChI=1S/C29H29ClF3N3O2/c1-28(2,3)22-9-7-21(8-10-22)19-36(16-13-20-5-4-6-24(17-20)38-29(31,32)33)27(37)25-18-23(30)11-12-26(25)35-15-14-34/h4-12,17-18,35H,13,15-16,19H2,1-3H3. The molecular weight excluding hydrogens is 515 g/mol. The molecule has 0 heterocycles. The number of nitrogens with zero attached hydrogens (tertiary/aromatic N) is 2. The number of carbonyl (C=O) groups excluding carboxylic acids is 1. The zero-order valence-corrected chi connectivity index (χ0v) is 22.2. The maximum absolute atomic E-state index is 13.8. The van der Waals surface area contributed by atoms with Crippen LogP contribution in [0.1, 0.15) is 47.8 Å². The maximum Gasteiger partial charge on any atom is 0.573 e. The summed E-state index contributed by atoms with van der Waals surface area (Å²) in [5.74, 6) is -0.640. The van der Waals surface area contributed by atoms with Crippen LogP contribution in [-0.2, 0) is 18.4 Å². The van der Waals surface area contributed by atoms with Gasteiger partial charge in [0.05, 0.1) is 11.6 Å².